The first-order valence-corrected chi connectivity index (χ1v) is 14.9. The fourth-order valence-corrected chi connectivity index (χ4v) is 7.03. The number of carboxylic acids is 1. The minimum Gasteiger partial charge on any atom is -0.475 e. The van der Waals surface area contributed by atoms with E-state index in [9.17, 15) is 4.79 Å². The van der Waals surface area contributed by atoms with Crippen molar-refractivity contribution in [3.8, 4) is 22.6 Å². The lowest BCUT2D eigenvalue weighted by Crippen LogP contribution is -2.45. The number of rotatable bonds is 9. The second kappa shape index (κ2) is 11.0. The molecule has 4 heterocycles. The molecule has 9 heteroatoms. The van der Waals surface area contributed by atoms with Gasteiger partial charge in [0.25, 0.3) is 0 Å². The van der Waals surface area contributed by atoms with Crippen LogP contribution in [-0.2, 0) is 17.9 Å². The van der Waals surface area contributed by atoms with Crippen LogP contribution in [0.15, 0.2) is 63.5 Å². The quantitative estimate of drug-likeness (QED) is 0.209. The summed E-state index contributed by atoms with van der Waals surface area (Å²) in [7, 11) is 0. The van der Waals surface area contributed by atoms with E-state index in [0.717, 1.165) is 78.8 Å². The van der Waals surface area contributed by atoms with Gasteiger partial charge in [-0.05, 0) is 68.4 Å². The zero-order chi connectivity index (χ0) is 28.1. The second-order valence-electron chi connectivity index (χ2n) is 11.4. The Morgan fingerprint density at radius 2 is 1.68 bits per heavy atom. The van der Waals surface area contributed by atoms with Crippen LogP contribution in [0, 0.1) is 0 Å². The highest BCUT2D eigenvalue weighted by Crippen LogP contribution is 2.48. The van der Waals surface area contributed by atoms with Gasteiger partial charge in [0, 0.05) is 41.2 Å². The average molecular weight is 594 g/mol. The van der Waals surface area contributed by atoms with Crippen LogP contribution in [0.5, 0.6) is 0 Å². The first-order valence-electron chi connectivity index (χ1n) is 14.2. The molecular weight excluding hydrogens is 563 g/mol. The van der Waals surface area contributed by atoms with Gasteiger partial charge in [-0.1, -0.05) is 58.7 Å². The molecule has 1 N–H and O–H groups in total. The van der Waals surface area contributed by atoms with Crippen molar-refractivity contribution in [2.45, 2.75) is 75.8 Å². The Kier molecular flexibility index (Phi) is 7.15. The fraction of sp³-hybridized carbons (Fsp3) is 0.375. The summed E-state index contributed by atoms with van der Waals surface area (Å²) in [5, 5.41) is 14.8. The summed E-state index contributed by atoms with van der Waals surface area (Å²) in [5.41, 5.74) is 4.58. The minimum absolute atomic E-state index is 0.0648. The number of nitrogens with zero attached hydrogens (tertiary/aromatic N) is 2. The molecule has 0 amide bonds. The highest BCUT2D eigenvalue weighted by molar-refractivity contribution is 6.39. The molecule has 212 valence electrons. The van der Waals surface area contributed by atoms with Crippen molar-refractivity contribution >= 4 is 29.2 Å². The normalized spacial score (nSPS) is 22.3. The Labute approximate surface area is 248 Å². The molecule has 1 aliphatic carbocycles. The van der Waals surface area contributed by atoms with Crippen molar-refractivity contribution in [1.82, 2.24) is 10.1 Å². The molecule has 7 rings (SSSR count). The topological polar surface area (TPSA) is 88.9 Å². The Morgan fingerprint density at radius 3 is 2.32 bits per heavy atom. The number of fused-ring (bicyclic) bond motifs is 2. The summed E-state index contributed by atoms with van der Waals surface area (Å²) < 4.78 is 17.8. The van der Waals surface area contributed by atoms with E-state index in [2.05, 4.69) is 10.1 Å². The summed E-state index contributed by atoms with van der Waals surface area (Å²) in [6.45, 7) is 1.32. The predicted molar refractivity (Wildman–Crippen MR) is 155 cm³/mol. The monoisotopic (exact) mass is 592 g/mol. The summed E-state index contributed by atoms with van der Waals surface area (Å²) in [6, 6.07) is 17.5. The van der Waals surface area contributed by atoms with Gasteiger partial charge in [-0.25, -0.2) is 4.79 Å². The third kappa shape index (κ3) is 5.32. The van der Waals surface area contributed by atoms with Gasteiger partial charge in [0.2, 0.25) is 5.76 Å². The number of piperidine rings is 1. The number of hydrogen-bond acceptors (Lipinski definition) is 6. The number of aromatic carboxylic acids is 1. The van der Waals surface area contributed by atoms with Crippen molar-refractivity contribution in [3.63, 3.8) is 0 Å². The number of ether oxygens (including phenoxy) is 1. The van der Waals surface area contributed by atoms with E-state index < -0.39 is 5.97 Å². The van der Waals surface area contributed by atoms with E-state index in [1.54, 1.807) is 6.07 Å². The van der Waals surface area contributed by atoms with E-state index in [0.29, 0.717) is 40.4 Å². The summed E-state index contributed by atoms with van der Waals surface area (Å²) >= 11 is 13.2. The molecule has 3 fully saturated rings. The number of benzene rings is 2. The van der Waals surface area contributed by atoms with Gasteiger partial charge >= 0.3 is 5.97 Å². The van der Waals surface area contributed by atoms with E-state index in [-0.39, 0.29) is 11.9 Å². The highest BCUT2D eigenvalue weighted by Gasteiger charge is 2.43. The summed E-state index contributed by atoms with van der Waals surface area (Å²) in [4.78, 5) is 13.7. The van der Waals surface area contributed by atoms with Gasteiger partial charge in [-0.3, -0.25) is 4.90 Å². The SMILES string of the molecule is O=C(O)c1ccc(-c2ccc(COC3CC4CCC(C3)N4Cc3c(-c4c(Cl)cccc4Cl)noc3C3CC3)cc2)o1. The van der Waals surface area contributed by atoms with E-state index in [1.807, 2.05) is 42.5 Å². The fourth-order valence-electron chi connectivity index (χ4n) is 6.45. The van der Waals surface area contributed by atoms with E-state index >= 15 is 0 Å². The average Bonchev–Trinajstić information content (AvgIpc) is 3.45. The van der Waals surface area contributed by atoms with E-state index in [4.69, 9.17) is 42.0 Å². The van der Waals surface area contributed by atoms with Crippen molar-refractivity contribution < 1.29 is 23.6 Å². The summed E-state index contributed by atoms with van der Waals surface area (Å²) in [6.07, 6.45) is 6.77. The Hall–Kier alpha value is -3.10. The molecule has 0 spiro atoms. The Morgan fingerprint density at radius 1 is 0.976 bits per heavy atom. The molecule has 2 aromatic carbocycles. The van der Waals surface area contributed by atoms with Crippen molar-refractivity contribution in [1.29, 1.82) is 0 Å². The molecule has 2 bridgehead atoms. The zero-order valence-electron chi connectivity index (χ0n) is 22.4. The van der Waals surface area contributed by atoms with Gasteiger partial charge in [-0.2, -0.15) is 0 Å². The molecular formula is C32H30Cl2N2O5. The lowest BCUT2D eigenvalue weighted by molar-refractivity contribution is -0.0306. The van der Waals surface area contributed by atoms with Gasteiger partial charge in [0.05, 0.1) is 22.8 Å². The van der Waals surface area contributed by atoms with Gasteiger partial charge < -0.3 is 18.8 Å². The zero-order valence-corrected chi connectivity index (χ0v) is 23.9. The van der Waals surface area contributed by atoms with E-state index in [1.165, 1.54) is 6.07 Å². The highest BCUT2D eigenvalue weighted by atomic mass is 35.5. The van der Waals surface area contributed by atoms with Crippen molar-refractivity contribution in [3.05, 3.63) is 87.3 Å². The van der Waals surface area contributed by atoms with Gasteiger partial charge in [0.15, 0.2) is 0 Å². The maximum atomic E-state index is 11.1. The number of furan rings is 1. The standard InChI is InChI=1S/C32H30Cl2N2O5/c33-25-2-1-3-26(34)29(25)30-24(31(41-35-30)20-8-9-20)16-36-21-10-11-22(36)15-23(14-21)39-17-18-4-6-19(7-5-18)27-12-13-28(40-27)32(37)38/h1-7,12-13,20-23H,8-11,14-17H2,(H,37,38). The lowest BCUT2D eigenvalue weighted by Gasteiger charge is -2.39. The van der Waals surface area contributed by atoms with Crippen LogP contribution in [0.1, 0.15) is 71.9 Å². The molecule has 2 saturated heterocycles. The number of carbonyl (C=O) groups is 1. The lowest BCUT2D eigenvalue weighted by atomic mass is 9.97. The molecule has 0 radical (unpaired) electrons. The summed E-state index contributed by atoms with van der Waals surface area (Å²) in [5.74, 6) is 0.827. The molecule has 2 unspecified atom stereocenters. The maximum absolute atomic E-state index is 11.1. The van der Waals surface area contributed by atoms with Crippen LogP contribution in [0.2, 0.25) is 10.0 Å². The first kappa shape index (κ1) is 26.8. The van der Waals surface area contributed by atoms with Crippen LogP contribution >= 0.6 is 23.2 Å². The van der Waals surface area contributed by atoms with Crippen LogP contribution in [0.3, 0.4) is 0 Å². The predicted octanol–water partition coefficient (Wildman–Crippen LogP) is 8.20. The molecule has 2 atom stereocenters. The third-order valence-corrected chi connectivity index (χ3v) is 9.32. The molecule has 7 nitrogen and oxygen atoms in total. The number of carboxylic acid groups (broad SMARTS) is 1. The number of hydrogen-bond donors (Lipinski definition) is 1. The van der Waals surface area contributed by atoms with Crippen LogP contribution in [0.4, 0.5) is 0 Å². The molecule has 4 aromatic rings. The number of halogens is 2. The van der Waals surface area contributed by atoms with Crippen LogP contribution in [0.25, 0.3) is 22.6 Å². The van der Waals surface area contributed by atoms with Crippen molar-refractivity contribution in [2.24, 2.45) is 0 Å². The first-order chi connectivity index (χ1) is 19.9. The third-order valence-electron chi connectivity index (χ3n) is 8.69. The molecule has 2 aromatic heterocycles. The van der Waals surface area contributed by atoms with Gasteiger partial charge in [-0.15, -0.1) is 0 Å². The Bertz CT molecular complexity index is 1540. The van der Waals surface area contributed by atoms with Crippen molar-refractivity contribution in [2.75, 3.05) is 0 Å². The van der Waals surface area contributed by atoms with Gasteiger partial charge in [0.1, 0.15) is 17.2 Å². The minimum atomic E-state index is -1.07. The second-order valence-corrected chi connectivity index (χ2v) is 12.2. The molecule has 41 heavy (non-hydrogen) atoms. The van der Waals surface area contributed by atoms with Crippen LogP contribution in [-0.4, -0.2) is 39.3 Å². The number of aromatic nitrogens is 1. The largest absolute Gasteiger partial charge is 0.475 e. The molecule has 2 aliphatic heterocycles. The molecule has 1 saturated carbocycles. The smallest absolute Gasteiger partial charge is 0.371 e. The Balaban J connectivity index is 1.02. The van der Waals surface area contributed by atoms with Crippen LogP contribution < -0.4 is 0 Å². The molecule has 3 aliphatic rings. The maximum Gasteiger partial charge on any atom is 0.371 e.